The van der Waals surface area contributed by atoms with Gasteiger partial charge in [-0.1, -0.05) is 20.8 Å². The fraction of sp³-hybridized carbons (Fsp3) is 0.600. The molecule has 0 heterocycles. The van der Waals surface area contributed by atoms with Gasteiger partial charge in [0.2, 0.25) is 0 Å². The summed E-state index contributed by atoms with van der Waals surface area (Å²) >= 11 is 0. The summed E-state index contributed by atoms with van der Waals surface area (Å²) in [5.74, 6) is 1.19. The van der Waals surface area contributed by atoms with E-state index in [-0.39, 0.29) is 17.4 Å². The second kappa shape index (κ2) is 5.66. The lowest BCUT2D eigenvalue weighted by atomic mass is 10.1. The van der Waals surface area contributed by atoms with Crippen LogP contribution in [0.15, 0.2) is 6.07 Å². The molecule has 0 fully saturated rings. The van der Waals surface area contributed by atoms with Crippen LogP contribution < -0.4 is 9.16 Å². The first-order chi connectivity index (χ1) is 9.05. The molecule has 0 radical (unpaired) electrons. The van der Waals surface area contributed by atoms with Crippen molar-refractivity contribution in [2.24, 2.45) is 0 Å². The van der Waals surface area contributed by atoms with Crippen LogP contribution in [0.4, 0.5) is 0 Å². The second-order valence-corrected chi connectivity index (χ2v) is 11.3. The average molecular weight is 298 g/mol. The molecule has 1 aromatic carbocycles. The summed E-state index contributed by atoms with van der Waals surface area (Å²) in [6, 6.07) is 1.67. The SMILES string of the molecule is COc1c(O[Si](C)(C)C(C)(C)C)cc(CO)c(O)c1C. The molecule has 0 saturated heterocycles. The van der Waals surface area contributed by atoms with Gasteiger partial charge in [-0.2, -0.15) is 0 Å². The molecule has 0 aliphatic rings. The van der Waals surface area contributed by atoms with Gasteiger partial charge in [0.1, 0.15) is 11.5 Å². The van der Waals surface area contributed by atoms with Crippen molar-refractivity contribution in [1.29, 1.82) is 0 Å². The highest BCUT2D eigenvalue weighted by Gasteiger charge is 2.39. The molecule has 0 aliphatic carbocycles. The Morgan fingerprint density at radius 3 is 2.20 bits per heavy atom. The minimum absolute atomic E-state index is 0.0587. The molecule has 0 aliphatic heterocycles. The Bertz CT molecular complexity index is 490. The highest BCUT2D eigenvalue weighted by atomic mass is 28.4. The number of aliphatic hydroxyl groups excluding tert-OH is 1. The predicted octanol–water partition coefficient (Wildman–Crippen LogP) is 3.59. The van der Waals surface area contributed by atoms with Gasteiger partial charge in [0.25, 0.3) is 8.32 Å². The number of benzene rings is 1. The number of rotatable bonds is 4. The molecule has 0 unspecified atom stereocenters. The second-order valence-electron chi connectivity index (χ2n) is 6.56. The van der Waals surface area contributed by atoms with Crippen LogP contribution in [0.1, 0.15) is 31.9 Å². The van der Waals surface area contributed by atoms with E-state index in [9.17, 15) is 10.2 Å². The monoisotopic (exact) mass is 298 g/mol. The van der Waals surface area contributed by atoms with Crippen molar-refractivity contribution in [2.45, 2.75) is 52.4 Å². The predicted molar refractivity (Wildman–Crippen MR) is 83.1 cm³/mol. The van der Waals surface area contributed by atoms with E-state index < -0.39 is 8.32 Å². The molecule has 0 saturated carbocycles. The Morgan fingerprint density at radius 1 is 1.25 bits per heavy atom. The van der Waals surface area contributed by atoms with Crippen molar-refractivity contribution in [3.63, 3.8) is 0 Å². The minimum atomic E-state index is -2.01. The van der Waals surface area contributed by atoms with Crippen LogP contribution in [0.2, 0.25) is 18.1 Å². The van der Waals surface area contributed by atoms with Crippen LogP contribution >= 0.6 is 0 Å². The molecule has 0 atom stereocenters. The molecule has 5 heteroatoms. The Kier molecular flexibility index (Phi) is 4.76. The number of hydrogen-bond donors (Lipinski definition) is 2. The van der Waals surface area contributed by atoms with E-state index in [0.29, 0.717) is 22.6 Å². The highest BCUT2D eigenvalue weighted by Crippen LogP contribution is 2.44. The normalized spacial score (nSPS) is 12.4. The quantitative estimate of drug-likeness (QED) is 0.834. The van der Waals surface area contributed by atoms with Crippen molar-refractivity contribution >= 4 is 8.32 Å². The third-order valence-corrected chi connectivity index (χ3v) is 8.42. The molecule has 0 amide bonds. The van der Waals surface area contributed by atoms with Crippen molar-refractivity contribution in [2.75, 3.05) is 7.11 Å². The first-order valence-corrected chi connectivity index (χ1v) is 9.65. The van der Waals surface area contributed by atoms with E-state index in [1.165, 1.54) is 0 Å². The van der Waals surface area contributed by atoms with Crippen molar-refractivity contribution in [3.8, 4) is 17.2 Å². The van der Waals surface area contributed by atoms with E-state index in [4.69, 9.17) is 9.16 Å². The summed E-state index contributed by atoms with van der Waals surface area (Å²) in [6.07, 6.45) is 0. The number of aromatic hydroxyl groups is 1. The van der Waals surface area contributed by atoms with Crippen LogP contribution in [-0.4, -0.2) is 25.6 Å². The van der Waals surface area contributed by atoms with Crippen LogP contribution in [0.3, 0.4) is 0 Å². The van der Waals surface area contributed by atoms with E-state index in [0.717, 1.165) is 0 Å². The van der Waals surface area contributed by atoms with E-state index in [2.05, 4.69) is 33.9 Å². The molecular formula is C15H26O4Si. The fourth-order valence-electron chi connectivity index (χ4n) is 1.70. The van der Waals surface area contributed by atoms with Gasteiger partial charge >= 0.3 is 0 Å². The maximum atomic E-state index is 10.0. The van der Waals surface area contributed by atoms with E-state index in [1.807, 2.05) is 0 Å². The fourth-order valence-corrected chi connectivity index (χ4v) is 2.71. The lowest BCUT2D eigenvalue weighted by Crippen LogP contribution is -2.44. The van der Waals surface area contributed by atoms with E-state index in [1.54, 1.807) is 20.1 Å². The molecule has 1 rings (SSSR count). The minimum Gasteiger partial charge on any atom is -0.541 e. The molecule has 1 aromatic rings. The first-order valence-electron chi connectivity index (χ1n) is 6.74. The highest BCUT2D eigenvalue weighted by molar-refractivity contribution is 6.74. The number of aliphatic hydroxyl groups is 1. The first kappa shape index (κ1) is 16.9. The Morgan fingerprint density at radius 2 is 1.80 bits per heavy atom. The third-order valence-electron chi connectivity index (χ3n) is 4.07. The molecule has 0 spiro atoms. The van der Waals surface area contributed by atoms with Crippen molar-refractivity contribution < 1.29 is 19.4 Å². The summed E-state index contributed by atoms with van der Waals surface area (Å²) < 4.78 is 11.6. The molecule has 4 nitrogen and oxygen atoms in total. The van der Waals surface area contributed by atoms with Gasteiger partial charge in [0.05, 0.1) is 13.7 Å². The number of phenols is 1. The van der Waals surface area contributed by atoms with Gasteiger partial charge in [-0.3, -0.25) is 0 Å². The summed E-state index contributed by atoms with van der Waals surface area (Å²) in [7, 11) is -0.458. The average Bonchev–Trinajstić information content (AvgIpc) is 2.32. The molecule has 0 bridgehead atoms. The topological polar surface area (TPSA) is 58.9 Å². The van der Waals surface area contributed by atoms with Crippen LogP contribution in [0.5, 0.6) is 17.2 Å². The number of methoxy groups -OCH3 is 1. The lowest BCUT2D eigenvalue weighted by Gasteiger charge is -2.37. The Balaban J connectivity index is 3.35. The zero-order chi connectivity index (χ0) is 15.7. The number of hydrogen-bond acceptors (Lipinski definition) is 4. The van der Waals surface area contributed by atoms with Crippen molar-refractivity contribution in [1.82, 2.24) is 0 Å². The zero-order valence-electron chi connectivity index (χ0n) is 13.5. The maximum absolute atomic E-state index is 10.0. The van der Waals surface area contributed by atoms with Crippen molar-refractivity contribution in [3.05, 3.63) is 17.2 Å². The summed E-state index contributed by atoms with van der Waals surface area (Å²) in [5, 5.41) is 19.4. The third kappa shape index (κ3) is 3.10. The number of ether oxygens (including phenoxy) is 1. The lowest BCUT2D eigenvalue weighted by molar-refractivity contribution is 0.273. The van der Waals surface area contributed by atoms with Gasteiger partial charge in [0.15, 0.2) is 5.75 Å². The Hall–Kier alpha value is -1.20. The van der Waals surface area contributed by atoms with Gasteiger partial charge in [-0.25, -0.2) is 0 Å². The van der Waals surface area contributed by atoms with Crippen LogP contribution in [-0.2, 0) is 6.61 Å². The maximum Gasteiger partial charge on any atom is 0.250 e. The molecule has 2 N–H and O–H groups in total. The standard InChI is InChI=1S/C15H26O4Si/c1-10-13(17)11(9-16)8-12(14(10)18-5)19-20(6,7)15(2,3)4/h8,16-17H,9H2,1-7H3. The molecular weight excluding hydrogens is 272 g/mol. The summed E-state index contributed by atoms with van der Waals surface area (Å²) in [5.41, 5.74) is 1.05. The zero-order valence-corrected chi connectivity index (χ0v) is 14.5. The van der Waals surface area contributed by atoms with E-state index >= 15 is 0 Å². The van der Waals surface area contributed by atoms with Gasteiger partial charge in [-0.05, 0) is 31.1 Å². The van der Waals surface area contributed by atoms with Crippen LogP contribution in [0, 0.1) is 6.92 Å². The molecule has 0 aromatic heterocycles. The molecule has 114 valence electrons. The largest absolute Gasteiger partial charge is 0.541 e. The van der Waals surface area contributed by atoms with Gasteiger partial charge in [0, 0.05) is 11.1 Å². The van der Waals surface area contributed by atoms with Gasteiger partial charge < -0.3 is 19.4 Å². The van der Waals surface area contributed by atoms with Gasteiger partial charge in [-0.15, -0.1) is 0 Å². The summed E-state index contributed by atoms with van der Waals surface area (Å²) in [4.78, 5) is 0. The smallest absolute Gasteiger partial charge is 0.250 e. The summed E-state index contributed by atoms with van der Waals surface area (Å²) in [6.45, 7) is 12.3. The van der Waals surface area contributed by atoms with Crippen LogP contribution in [0.25, 0.3) is 0 Å². The molecule has 20 heavy (non-hydrogen) atoms. The Labute approximate surface area is 122 Å².